The Bertz CT molecular complexity index is 890. The highest BCUT2D eigenvalue weighted by Crippen LogP contribution is 2.24. The first-order valence-electron chi connectivity index (χ1n) is 7.55. The molecule has 2 N–H and O–H groups in total. The van der Waals surface area contributed by atoms with Gasteiger partial charge in [-0.3, -0.25) is 4.79 Å². The second-order valence-electron chi connectivity index (χ2n) is 5.26. The van der Waals surface area contributed by atoms with Crippen LogP contribution in [0.15, 0.2) is 76.2 Å². The fourth-order valence-corrected chi connectivity index (χ4v) is 2.42. The van der Waals surface area contributed by atoms with E-state index in [9.17, 15) is 9.90 Å². The van der Waals surface area contributed by atoms with E-state index < -0.39 is 12.0 Å². The van der Waals surface area contributed by atoms with Crippen LogP contribution in [0, 0.1) is 0 Å². The third-order valence-electron chi connectivity index (χ3n) is 3.47. The lowest BCUT2D eigenvalue weighted by molar-refractivity contribution is -0.129. The van der Waals surface area contributed by atoms with E-state index in [1.54, 1.807) is 54.6 Å². The zero-order valence-electron chi connectivity index (χ0n) is 13.1. The number of aliphatic hydroxyl groups is 1. The molecule has 1 heterocycles. The topological polar surface area (TPSA) is 74.8 Å². The minimum Gasteiger partial charge on any atom is -0.455 e. The highest BCUT2D eigenvalue weighted by atomic mass is 35.5. The van der Waals surface area contributed by atoms with E-state index in [-0.39, 0.29) is 0 Å². The van der Waals surface area contributed by atoms with Crippen molar-refractivity contribution >= 4 is 23.7 Å². The molecule has 0 fully saturated rings. The molecule has 1 amide bonds. The van der Waals surface area contributed by atoms with E-state index in [2.05, 4.69) is 10.5 Å². The number of furan rings is 1. The van der Waals surface area contributed by atoms with Crippen LogP contribution < -0.4 is 5.43 Å². The average Bonchev–Trinajstić information content (AvgIpc) is 3.11. The lowest BCUT2D eigenvalue weighted by atomic mass is 10.1. The van der Waals surface area contributed by atoms with Crippen LogP contribution in [-0.4, -0.2) is 17.2 Å². The molecule has 0 aliphatic carbocycles. The maximum absolute atomic E-state index is 11.9. The third-order valence-corrected chi connectivity index (χ3v) is 3.70. The van der Waals surface area contributed by atoms with Gasteiger partial charge < -0.3 is 9.52 Å². The molecular formula is C19H15ClN2O3. The number of aliphatic hydroxyl groups excluding tert-OH is 1. The van der Waals surface area contributed by atoms with Gasteiger partial charge in [0.05, 0.1) is 6.21 Å². The van der Waals surface area contributed by atoms with E-state index in [4.69, 9.17) is 16.0 Å². The molecule has 0 spiro atoms. The van der Waals surface area contributed by atoms with Crippen LogP contribution in [0.2, 0.25) is 5.02 Å². The highest BCUT2D eigenvalue weighted by molar-refractivity contribution is 6.30. The van der Waals surface area contributed by atoms with Crippen LogP contribution in [-0.2, 0) is 4.79 Å². The monoisotopic (exact) mass is 354 g/mol. The molecule has 0 saturated carbocycles. The Hall–Kier alpha value is -2.89. The van der Waals surface area contributed by atoms with Crippen LogP contribution in [0.25, 0.3) is 11.3 Å². The Kier molecular flexibility index (Phi) is 5.28. The van der Waals surface area contributed by atoms with Gasteiger partial charge in [-0.1, -0.05) is 54.1 Å². The largest absolute Gasteiger partial charge is 0.455 e. The third kappa shape index (κ3) is 4.35. The average molecular weight is 355 g/mol. The van der Waals surface area contributed by atoms with Crippen molar-refractivity contribution in [1.29, 1.82) is 0 Å². The van der Waals surface area contributed by atoms with Gasteiger partial charge in [-0.15, -0.1) is 0 Å². The van der Waals surface area contributed by atoms with Gasteiger partial charge in [-0.05, 0) is 29.8 Å². The van der Waals surface area contributed by atoms with Crippen molar-refractivity contribution in [3.63, 3.8) is 0 Å². The summed E-state index contributed by atoms with van der Waals surface area (Å²) in [6.45, 7) is 0. The molecule has 1 atom stereocenters. The van der Waals surface area contributed by atoms with E-state index in [0.717, 1.165) is 5.56 Å². The van der Waals surface area contributed by atoms with Crippen LogP contribution in [0.1, 0.15) is 17.4 Å². The Morgan fingerprint density at radius 2 is 1.92 bits per heavy atom. The second kappa shape index (κ2) is 7.79. The zero-order chi connectivity index (χ0) is 17.6. The number of rotatable bonds is 5. The molecule has 3 rings (SSSR count). The summed E-state index contributed by atoms with van der Waals surface area (Å²) in [4.78, 5) is 11.9. The maximum atomic E-state index is 11.9. The number of carbonyl (C=O) groups is 1. The molecule has 0 unspecified atom stereocenters. The van der Waals surface area contributed by atoms with Crippen molar-refractivity contribution in [2.45, 2.75) is 6.10 Å². The van der Waals surface area contributed by atoms with Crippen molar-refractivity contribution in [1.82, 2.24) is 5.43 Å². The van der Waals surface area contributed by atoms with Crippen molar-refractivity contribution in [3.8, 4) is 11.3 Å². The SMILES string of the molecule is O=C(N/N=C\c1ccc(-c2cccc(Cl)c2)o1)[C@@H](O)c1ccccc1. The molecule has 3 aromatic rings. The van der Waals surface area contributed by atoms with E-state index in [1.165, 1.54) is 6.21 Å². The molecule has 2 aromatic carbocycles. The van der Waals surface area contributed by atoms with Crippen LogP contribution in [0.5, 0.6) is 0 Å². The number of nitrogens with zero attached hydrogens (tertiary/aromatic N) is 1. The first kappa shape index (κ1) is 17.0. The molecule has 0 aliphatic rings. The molecule has 0 radical (unpaired) electrons. The first-order valence-corrected chi connectivity index (χ1v) is 7.93. The summed E-state index contributed by atoms with van der Waals surface area (Å²) in [5, 5.41) is 14.4. The summed E-state index contributed by atoms with van der Waals surface area (Å²) < 4.78 is 5.63. The molecule has 1 aromatic heterocycles. The zero-order valence-corrected chi connectivity index (χ0v) is 13.9. The number of halogens is 1. The summed E-state index contributed by atoms with van der Waals surface area (Å²) in [6, 6.07) is 19.4. The van der Waals surface area contributed by atoms with E-state index >= 15 is 0 Å². The van der Waals surface area contributed by atoms with Crippen molar-refractivity contribution in [2.24, 2.45) is 5.10 Å². The number of carbonyl (C=O) groups excluding carboxylic acids is 1. The quantitative estimate of drug-likeness (QED) is 0.540. The summed E-state index contributed by atoms with van der Waals surface area (Å²) in [5.41, 5.74) is 3.63. The molecule has 5 nitrogen and oxygen atoms in total. The number of amides is 1. The van der Waals surface area contributed by atoms with Gasteiger partial charge >= 0.3 is 0 Å². The second-order valence-corrected chi connectivity index (χ2v) is 5.70. The number of nitrogens with one attached hydrogen (secondary N) is 1. The predicted molar refractivity (Wildman–Crippen MR) is 96.3 cm³/mol. The minimum atomic E-state index is -1.28. The standard InChI is InChI=1S/C19H15ClN2O3/c20-15-8-4-7-14(11-15)17-10-9-16(25-17)12-21-22-19(24)18(23)13-5-2-1-3-6-13/h1-12,18,23H,(H,22,24)/b21-12-/t18-/m0/s1. The van der Waals surface area contributed by atoms with Crippen molar-refractivity contribution in [2.75, 3.05) is 0 Å². The summed E-state index contributed by atoms with van der Waals surface area (Å²) in [6.07, 6.45) is 0.0842. The maximum Gasteiger partial charge on any atom is 0.273 e. The molecular weight excluding hydrogens is 340 g/mol. The molecule has 6 heteroatoms. The summed E-state index contributed by atoms with van der Waals surface area (Å²) in [7, 11) is 0. The number of hydrogen-bond donors (Lipinski definition) is 2. The van der Waals surface area contributed by atoms with E-state index in [1.807, 2.05) is 12.1 Å². The fourth-order valence-electron chi connectivity index (χ4n) is 2.23. The van der Waals surface area contributed by atoms with Gasteiger partial charge in [0.1, 0.15) is 11.5 Å². The Balaban J connectivity index is 1.62. The Morgan fingerprint density at radius 1 is 1.12 bits per heavy atom. The van der Waals surface area contributed by atoms with Gasteiger partial charge in [-0.25, -0.2) is 5.43 Å². The van der Waals surface area contributed by atoms with Gasteiger partial charge in [0.15, 0.2) is 6.10 Å². The van der Waals surface area contributed by atoms with Gasteiger partial charge in [0.2, 0.25) is 0 Å². The number of hydrazone groups is 1. The van der Waals surface area contributed by atoms with Crippen molar-refractivity contribution < 1.29 is 14.3 Å². The normalized spacial score (nSPS) is 12.2. The van der Waals surface area contributed by atoms with E-state index in [0.29, 0.717) is 22.1 Å². The fraction of sp³-hybridized carbons (Fsp3) is 0.0526. The first-order chi connectivity index (χ1) is 12.1. The summed E-state index contributed by atoms with van der Waals surface area (Å²) in [5.74, 6) is 0.480. The number of hydrogen-bond acceptors (Lipinski definition) is 4. The Morgan fingerprint density at radius 3 is 2.68 bits per heavy atom. The lowest BCUT2D eigenvalue weighted by Gasteiger charge is -2.08. The molecule has 126 valence electrons. The van der Waals surface area contributed by atoms with Crippen LogP contribution in [0.3, 0.4) is 0 Å². The predicted octanol–water partition coefficient (Wildman–Crippen LogP) is 3.78. The summed E-state index contributed by atoms with van der Waals surface area (Å²) >= 11 is 5.96. The van der Waals surface area contributed by atoms with Gasteiger partial charge in [-0.2, -0.15) is 5.10 Å². The van der Waals surface area contributed by atoms with Crippen molar-refractivity contribution in [3.05, 3.63) is 83.1 Å². The smallest absolute Gasteiger partial charge is 0.273 e. The van der Waals surface area contributed by atoms with Gasteiger partial charge in [0.25, 0.3) is 5.91 Å². The van der Waals surface area contributed by atoms with Gasteiger partial charge in [0, 0.05) is 10.6 Å². The molecule has 0 saturated heterocycles. The molecule has 25 heavy (non-hydrogen) atoms. The highest BCUT2D eigenvalue weighted by Gasteiger charge is 2.16. The molecule has 0 aliphatic heterocycles. The van der Waals surface area contributed by atoms with Crippen LogP contribution >= 0.6 is 11.6 Å². The lowest BCUT2D eigenvalue weighted by Crippen LogP contribution is -2.25. The Labute approximate surface area is 149 Å². The molecule has 0 bridgehead atoms. The van der Waals surface area contributed by atoms with Crippen LogP contribution in [0.4, 0.5) is 0 Å². The number of benzene rings is 2. The minimum absolute atomic E-state index is 0.462.